The second-order valence-corrected chi connectivity index (χ2v) is 10.3. The molecule has 0 unspecified atom stereocenters. The van der Waals surface area contributed by atoms with Crippen LogP contribution in [0.1, 0.15) is 21.7 Å². The summed E-state index contributed by atoms with van der Waals surface area (Å²) in [6.45, 7) is 2.05. The minimum atomic E-state index is -1.06. The zero-order valence-electron chi connectivity index (χ0n) is 18.2. The van der Waals surface area contributed by atoms with E-state index in [-0.39, 0.29) is 5.56 Å². The number of thiophene rings is 1. The molecule has 5 aromatic rings. The average molecular weight is 495 g/mol. The Hall–Kier alpha value is -2.93. The quantitative estimate of drug-likeness (QED) is 0.292. The molecule has 0 bridgehead atoms. The molecular formula is C25H20Cl2N4OS. The van der Waals surface area contributed by atoms with Crippen molar-refractivity contribution in [2.75, 3.05) is 0 Å². The molecule has 0 amide bonds. The van der Waals surface area contributed by atoms with Crippen molar-refractivity contribution in [1.29, 1.82) is 0 Å². The Labute approximate surface area is 204 Å². The normalized spacial score (nSPS) is 13.4. The summed E-state index contributed by atoms with van der Waals surface area (Å²) in [6.07, 6.45) is 5.22. The molecular weight excluding hydrogens is 475 g/mol. The van der Waals surface area contributed by atoms with Crippen LogP contribution in [0.4, 0.5) is 0 Å². The van der Waals surface area contributed by atoms with Crippen molar-refractivity contribution in [3.8, 4) is 10.4 Å². The molecule has 0 N–H and O–H groups in total. The van der Waals surface area contributed by atoms with Crippen molar-refractivity contribution >= 4 is 45.6 Å². The molecule has 8 heteroatoms. The van der Waals surface area contributed by atoms with Gasteiger partial charge in [0.15, 0.2) is 0 Å². The van der Waals surface area contributed by atoms with E-state index >= 15 is 0 Å². The van der Waals surface area contributed by atoms with Gasteiger partial charge in [-0.05, 0) is 42.8 Å². The van der Waals surface area contributed by atoms with Crippen LogP contribution in [0.3, 0.4) is 0 Å². The molecule has 1 atom stereocenters. The molecule has 0 saturated carbocycles. The average Bonchev–Trinajstić information content (AvgIpc) is 3.44. The maximum atomic E-state index is 12.7. The Morgan fingerprint density at radius 2 is 1.76 bits per heavy atom. The Morgan fingerprint density at radius 1 is 1.00 bits per heavy atom. The van der Waals surface area contributed by atoms with Gasteiger partial charge in [-0.1, -0.05) is 23.7 Å². The Kier molecular flexibility index (Phi) is 5.40. The molecule has 0 aliphatic rings. The van der Waals surface area contributed by atoms with E-state index < -0.39 is 4.87 Å². The van der Waals surface area contributed by atoms with Crippen molar-refractivity contribution in [1.82, 2.24) is 19.1 Å². The van der Waals surface area contributed by atoms with Gasteiger partial charge in [-0.2, -0.15) is 0 Å². The summed E-state index contributed by atoms with van der Waals surface area (Å²) in [5, 5.41) is 1.49. The molecule has 0 aliphatic heterocycles. The van der Waals surface area contributed by atoms with Crippen LogP contribution in [0.25, 0.3) is 21.5 Å². The molecule has 0 radical (unpaired) electrons. The first-order valence-electron chi connectivity index (χ1n) is 10.3. The van der Waals surface area contributed by atoms with E-state index in [1.807, 2.05) is 54.9 Å². The molecule has 0 spiro atoms. The number of aryl methyl sites for hydroxylation is 3. The first-order chi connectivity index (χ1) is 15.8. The summed E-state index contributed by atoms with van der Waals surface area (Å²) >= 11 is 15.3. The van der Waals surface area contributed by atoms with Crippen LogP contribution in [0.5, 0.6) is 0 Å². The molecule has 33 heavy (non-hydrogen) atoms. The topological polar surface area (TPSA) is 52.7 Å². The van der Waals surface area contributed by atoms with E-state index in [2.05, 4.69) is 11.1 Å². The number of pyridine rings is 2. The van der Waals surface area contributed by atoms with E-state index in [9.17, 15) is 4.79 Å². The fraction of sp³-hybridized carbons (Fsp3) is 0.160. The Morgan fingerprint density at radius 3 is 2.39 bits per heavy atom. The van der Waals surface area contributed by atoms with Gasteiger partial charge >= 0.3 is 0 Å². The van der Waals surface area contributed by atoms with Crippen LogP contribution in [0.15, 0.2) is 72.0 Å². The van der Waals surface area contributed by atoms with Crippen molar-refractivity contribution in [3.63, 3.8) is 0 Å². The molecule has 166 valence electrons. The first-order valence-corrected chi connectivity index (χ1v) is 11.8. The maximum Gasteiger partial charge on any atom is 0.252 e. The number of nitrogens with zero attached hydrogens (tertiary/aromatic N) is 4. The number of rotatable bonds is 4. The van der Waals surface area contributed by atoms with Crippen molar-refractivity contribution < 1.29 is 0 Å². The minimum absolute atomic E-state index is 0.106. The van der Waals surface area contributed by atoms with Gasteiger partial charge in [-0.25, -0.2) is 9.97 Å². The highest BCUT2D eigenvalue weighted by Gasteiger charge is 2.37. The fourth-order valence-electron chi connectivity index (χ4n) is 4.13. The highest BCUT2D eigenvalue weighted by Crippen LogP contribution is 2.44. The monoisotopic (exact) mass is 494 g/mol. The second-order valence-electron chi connectivity index (χ2n) is 8.02. The number of fused-ring (bicyclic) bond motifs is 1. The van der Waals surface area contributed by atoms with E-state index in [1.54, 1.807) is 47.7 Å². The summed E-state index contributed by atoms with van der Waals surface area (Å²) in [5.74, 6) is 0. The Balaban J connectivity index is 1.83. The summed E-state index contributed by atoms with van der Waals surface area (Å²) < 4.78 is 3.46. The van der Waals surface area contributed by atoms with Gasteiger partial charge in [0.2, 0.25) is 0 Å². The molecule has 1 aromatic carbocycles. The van der Waals surface area contributed by atoms with Gasteiger partial charge in [-0.15, -0.1) is 22.9 Å². The van der Waals surface area contributed by atoms with Crippen LogP contribution in [0.2, 0.25) is 5.02 Å². The predicted molar refractivity (Wildman–Crippen MR) is 135 cm³/mol. The maximum absolute atomic E-state index is 12.7. The molecule has 4 aromatic heterocycles. The van der Waals surface area contributed by atoms with Crippen LogP contribution in [-0.2, 0) is 19.0 Å². The molecule has 5 nitrogen and oxygen atoms in total. The largest absolute Gasteiger partial charge is 0.336 e. The van der Waals surface area contributed by atoms with Crippen LogP contribution in [-0.4, -0.2) is 19.1 Å². The third-order valence-corrected chi connectivity index (χ3v) is 7.80. The number of hydrogen-bond acceptors (Lipinski definition) is 4. The standard InChI is InChI=1S/C25H20Cl2N4OS/c1-15-4-9-21(33-15)19-11-23(32)31(3)24-20(19)10-17(12-29-24)25(27,22-13-28-14-30(22)2)16-5-7-18(26)8-6-16/h4-14H,1-3H3/t25-/m1/s1. The SMILES string of the molecule is Cc1ccc(-c2cc(=O)n(C)c3ncc([C@](Cl)(c4ccc(Cl)cc4)c4cncn4C)cc23)s1. The Bertz CT molecular complexity index is 1550. The smallest absolute Gasteiger partial charge is 0.252 e. The van der Waals surface area contributed by atoms with Gasteiger partial charge in [0.1, 0.15) is 10.5 Å². The summed E-state index contributed by atoms with van der Waals surface area (Å²) in [5.41, 5.74) is 3.76. The van der Waals surface area contributed by atoms with Crippen molar-refractivity contribution in [2.24, 2.45) is 14.1 Å². The number of benzene rings is 1. The first kappa shape index (κ1) is 21.9. The third-order valence-electron chi connectivity index (χ3n) is 5.89. The third kappa shape index (κ3) is 3.59. The lowest BCUT2D eigenvalue weighted by Gasteiger charge is -2.29. The predicted octanol–water partition coefficient (Wildman–Crippen LogP) is 5.89. The fourth-order valence-corrected chi connectivity index (χ4v) is 5.56. The van der Waals surface area contributed by atoms with Crippen LogP contribution >= 0.6 is 34.5 Å². The van der Waals surface area contributed by atoms with Gasteiger partial charge in [0.05, 0.1) is 18.2 Å². The van der Waals surface area contributed by atoms with Crippen molar-refractivity contribution in [3.05, 3.63) is 104 Å². The lowest BCUT2D eigenvalue weighted by molar-refractivity contribution is 0.743. The van der Waals surface area contributed by atoms with Gasteiger partial charge in [-0.3, -0.25) is 9.36 Å². The zero-order valence-corrected chi connectivity index (χ0v) is 20.5. The summed E-state index contributed by atoms with van der Waals surface area (Å²) in [7, 11) is 3.64. The summed E-state index contributed by atoms with van der Waals surface area (Å²) in [4.78, 5) is 22.8. The van der Waals surface area contributed by atoms with E-state index in [0.717, 1.165) is 32.6 Å². The minimum Gasteiger partial charge on any atom is -0.336 e. The summed E-state index contributed by atoms with van der Waals surface area (Å²) in [6, 6.07) is 15.3. The van der Waals surface area contributed by atoms with Gasteiger partial charge in [0, 0.05) is 57.6 Å². The number of imidazole rings is 1. The van der Waals surface area contributed by atoms with Gasteiger partial charge in [0.25, 0.3) is 5.56 Å². The molecule has 0 saturated heterocycles. The van der Waals surface area contributed by atoms with Crippen LogP contribution < -0.4 is 5.56 Å². The lowest BCUT2D eigenvalue weighted by Crippen LogP contribution is -2.26. The van der Waals surface area contributed by atoms with Gasteiger partial charge < -0.3 is 4.57 Å². The number of alkyl halides is 1. The molecule has 0 fully saturated rings. The second kappa shape index (κ2) is 8.13. The lowest BCUT2D eigenvalue weighted by atomic mass is 9.87. The highest BCUT2D eigenvalue weighted by molar-refractivity contribution is 7.15. The zero-order chi connectivity index (χ0) is 23.3. The van der Waals surface area contributed by atoms with Crippen LogP contribution in [0, 0.1) is 6.92 Å². The molecule has 4 heterocycles. The molecule has 0 aliphatic carbocycles. The molecule has 5 rings (SSSR count). The van der Waals surface area contributed by atoms with E-state index in [0.29, 0.717) is 10.7 Å². The van der Waals surface area contributed by atoms with E-state index in [1.165, 1.54) is 4.88 Å². The number of aromatic nitrogens is 4. The van der Waals surface area contributed by atoms with E-state index in [4.69, 9.17) is 28.2 Å². The number of hydrogen-bond donors (Lipinski definition) is 0. The highest BCUT2D eigenvalue weighted by atomic mass is 35.5. The number of halogens is 2. The van der Waals surface area contributed by atoms with Crippen molar-refractivity contribution in [2.45, 2.75) is 11.8 Å².